The minimum absolute atomic E-state index is 0.919. The van der Waals surface area contributed by atoms with E-state index in [1.807, 2.05) is 12.1 Å². The number of rotatable bonds is 5. The summed E-state index contributed by atoms with van der Waals surface area (Å²) in [6.07, 6.45) is 6.92. The summed E-state index contributed by atoms with van der Waals surface area (Å²) < 4.78 is 0. The van der Waals surface area contributed by atoms with E-state index in [1.165, 1.54) is 19.3 Å². The van der Waals surface area contributed by atoms with Gasteiger partial charge in [0.05, 0.1) is 0 Å². The molecule has 0 fully saturated rings. The molecule has 1 heteroatoms. The zero-order chi connectivity index (χ0) is 11.6. The zero-order valence-electron chi connectivity index (χ0n) is 10.4. The van der Waals surface area contributed by atoms with Gasteiger partial charge in [-0.15, -0.1) is 0 Å². The van der Waals surface area contributed by atoms with Crippen molar-refractivity contribution in [3.05, 3.63) is 29.6 Å². The van der Waals surface area contributed by atoms with Gasteiger partial charge < -0.3 is 0 Å². The van der Waals surface area contributed by atoms with Crippen molar-refractivity contribution in [2.45, 2.75) is 52.4 Å². The fourth-order valence-corrected chi connectivity index (χ4v) is 1.56. The molecule has 1 aromatic rings. The Morgan fingerprint density at radius 1 is 1.12 bits per heavy atom. The molecule has 0 aliphatic heterocycles. The van der Waals surface area contributed by atoms with Crippen molar-refractivity contribution in [1.29, 1.82) is 0 Å². The average Bonchev–Trinajstić information content (AvgIpc) is 2.30. The fourth-order valence-electron chi connectivity index (χ4n) is 1.56. The maximum absolute atomic E-state index is 4.51. The quantitative estimate of drug-likeness (QED) is 0.535. The molecule has 0 unspecified atom stereocenters. The molecule has 1 aromatic heterocycles. The minimum Gasteiger partial charge on any atom is -0.244 e. The molecular formula is C15H21N. The first-order valence-electron chi connectivity index (χ1n) is 6.31. The molecular weight excluding hydrogens is 194 g/mol. The van der Waals surface area contributed by atoms with Gasteiger partial charge in [0.1, 0.15) is 5.69 Å². The van der Waals surface area contributed by atoms with Gasteiger partial charge >= 0.3 is 0 Å². The van der Waals surface area contributed by atoms with Crippen molar-refractivity contribution >= 4 is 0 Å². The molecule has 0 amide bonds. The van der Waals surface area contributed by atoms with Crippen LogP contribution < -0.4 is 0 Å². The Morgan fingerprint density at radius 3 is 2.75 bits per heavy atom. The van der Waals surface area contributed by atoms with Crippen molar-refractivity contribution in [2.75, 3.05) is 0 Å². The Hall–Kier alpha value is -1.29. The van der Waals surface area contributed by atoms with Crippen molar-refractivity contribution in [3.8, 4) is 11.8 Å². The van der Waals surface area contributed by atoms with Gasteiger partial charge in [-0.05, 0) is 30.9 Å². The summed E-state index contributed by atoms with van der Waals surface area (Å²) in [5.41, 5.74) is 2.07. The van der Waals surface area contributed by atoms with Crippen LogP contribution in [0, 0.1) is 11.8 Å². The number of aromatic nitrogens is 1. The van der Waals surface area contributed by atoms with E-state index in [0.717, 1.165) is 30.7 Å². The van der Waals surface area contributed by atoms with Crippen molar-refractivity contribution in [2.24, 2.45) is 0 Å². The summed E-state index contributed by atoms with van der Waals surface area (Å²) in [6, 6.07) is 6.12. The monoisotopic (exact) mass is 215 g/mol. The summed E-state index contributed by atoms with van der Waals surface area (Å²) in [4.78, 5) is 4.51. The molecule has 0 atom stereocenters. The van der Waals surface area contributed by atoms with Crippen LogP contribution in [0.1, 0.15) is 57.3 Å². The van der Waals surface area contributed by atoms with Crippen LogP contribution in [0.2, 0.25) is 0 Å². The highest BCUT2D eigenvalue weighted by Crippen LogP contribution is 2.02. The van der Waals surface area contributed by atoms with E-state index in [2.05, 4.69) is 36.7 Å². The van der Waals surface area contributed by atoms with Gasteiger partial charge in [-0.1, -0.05) is 45.1 Å². The normalized spacial score (nSPS) is 9.62. The molecule has 1 rings (SSSR count). The third-order valence-electron chi connectivity index (χ3n) is 2.43. The largest absolute Gasteiger partial charge is 0.244 e. The number of hydrogen-bond donors (Lipinski definition) is 0. The molecule has 1 heterocycles. The Morgan fingerprint density at radius 2 is 2.00 bits per heavy atom. The molecule has 0 spiro atoms. The first kappa shape index (κ1) is 12.8. The Labute approximate surface area is 99.3 Å². The Kier molecular flexibility index (Phi) is 6.33. The van der Waals surface area contributed by atoms with E-state index >= 15 is 0 Å². The first-order chi connectivity index (χ1) is 7.86. The second-order valence-electron chi connectivity index (χ2n) is 4.02. The number of hydrogen-bond acceptors (Lipinski definition) is 1. The molecule has 16 heavy (non-hydrogen) atoms. The molecule has 0 saturated carbocycles. The molecule has 0 aliphatic carbocycles. The van der Waals surface area contributed by atoms with Crippen LogP contribution in [0.3, 0.4) is 0 Å². The van der Waals surface area contributed by atoms with Crippen LogP contribution in [0.25, 0.3) is 0 Å². The standard InChI is InChI=1S/C15H21N/c1-3-5-6-7-8-11-15-13-9-12-14(16-15)10-4-2/h9,12-13H,3-7,10H2,1-2H3. The third kappa shape index (κ3) is 4.98. The first-order valence-corrected chi connectivity index (χ1v) is 6.31. The van der Waals surface area contributed by atoms with Crippen LogP contribution >= 0.6 is 0 Å². The molecule has 1 nitrogen and oxygen atoms in total. The van der Waals surface area contributed by atoms with E-state index in [9.17, 15) is 0 Å². The SMILES string of the molecule is CCCCCC#Cc1cccc(CCC)n1. The maximum atomic E-state index is 4.51. The summed E-state index contributed by atoms with van der Waals surface area (Å²) in [5.74, 6) is 6.33. The van der Waals surface area contributed by atoms with Crippen LogP contribution in [-0.4, -0.2) is 4.98 Å². The number of pyridine rings is 1. The van der Waals surface area contributed by atoms with Gasteiger partial charge in [0.25, 0.3) is 0 Å². The lowest BCUT2D eigenvalue weighted by molar-refractivity contribution is 0.737. The third-order valence-corrected chi connectivity index (χ3v) is 2.43. The molecule has 0 aromatic carbocycles. The van der Waals surface area contributed by atoms with Crippen LogP contribution in [0.5, 0.6) is 0 Å². The molecule has 0 aliphatic rings. The molecule has 0 N–H and O–H groups in total. The van der Waals surface area contributed by atoms with Crippen LogP contribution in [0.15, 0.2) is 18.2 Å². The van der Waals surface area contributed by atoms with Crippen LogP contribution in [-0.2, 0) is 6.42 Å². The second kappa shape index (κ2) is 7.93. The highest BCUT2D eigenvalue weighted by molar-refractivity contribution is 5.28. The Bertz CT molecular complexity index is 357. The van der Waals surface area contributed by atoms with E-state index < -0.39 is 0 Å². The van der Waals surface area contributed by atoms with E-state index in [0.29, 0.717) is 0 Å². The second-order valence-corrected chi connectivity index (χ2v) is 4.02. The summed E-state index contributed by atoms with van der Waals surface area (Å²) >= 11 is 0. The van der Waals surface area contributed by atoms with Gasteiger partial charge in [-0.25, -0.2) is 4.98 Å². The zero-order valence-corrected chi connectivity index (χ0v) is 10.4. The van der Waals surface area contributed by atoms with Gasteiger partial charge in [0.15, 0.2) is 0 Å². The van der Waals surface area contributed by atoms with Gasteiger partial charge in [-0.3, -0.25) is 0 Å². The average molecular weight is 215 g/mol. The van der Waals surface area contributed by atoms with Gasteiger partial charge in [0.2, 0.25) is 0 Å². The van der Waals surface area contributed by atoms with Crippen molar-refractivity contribution < 1.29 is 0 Å². The predicted octanol–water partition coefficient (Wildman–Crippen LogP) is 3.97. The molecule has 86 valence electrons. The molecule has 0 radical (unpaired) electrons. The lowest BCUT2D eigenvalue weighted by Gasteiger charge is -1.97. The van der Waals surface area contributed by atoms with Crippen molar-refractivity contribution in [3.63, 3.8) is 0 Å². The minimum atomic E-state index is 0.919. The number of nitrogens with zero attached hydrogens (tertiary/aromatic N) is 1. The van der Waals surface area contributed by atoms with E-state index in [-0.39, 0.29) is 0 Å². The van der Waals surface area contributed by atoms with Gasteiger partial charge in [-0.2, -0.15) is 0 Å². The topological polar surface area (TPSA) is 12.9 Å². The van der Waals surface area contributed by atoms with E-state index in [4.69, 9.17) is 0 Å². The smallest absolute Gasteiger partial charge is 0.113 e. The lowest BCUT2D eigenvalue weighted by Crippen LogP contribution is -1.91. The van der Waals surface area contributed by atoms with Gasteiger partial charge in [0, 0.05) is 12.1 Å². The number of unbranched alkanes of at least 4 members (excludes halogenated alkanes) is 3. The number of aryl methyl sites for hydroxylation is 1. The summed E-state index contributed by atoms with van der Waals surface area (Å²) in [5, 5.41) is 0. The van der Waals surface area contributed by atoms with Crippen LogP contribution in [0.4, 0.5) is 0 Å². The highest BCUT2D eigenvalue weighted by atomic mass is 14.7. The van der Waals surface area contributed by atoms with E-state index in [1.54, 1.807) is 0 Å². The highest BCUT2D eigenvalue weighted by Gasteiger charge is 1.93. The fraction of sp³-hybridized carbons (Fsp3) is 0.533. The predicted molar refractivity (Wildman–Crippen MR) is 69.3 cm³/mol. The molecule has 0 saturated heterocycles. The summed E-state index contributed by atoms with van der Waals surface area (Å²) in [6.45, 7) is 4.38. The van der Waals surface area contributed by atoms with Crippen molar-refractivity contribution in [1.82, 2.24) is 4.98 Å². The maximum Gasteiger partial charge on any atom is 0.113 e. The lowest BCUT2D eigenvalue weighted by atomic mass is 10.2. The molecule has 0 bridgehead atoms. The summed E-state index contributed by atoms with van der Waals surface area (Å²) in [7, 11) is 0. The Balaban J connectivity index is 2.49.